The molecule has 0 N–H and O–H groups in total. The Bertz CT molecular complexity index is 245. The first-order valence-electron chi connectivity index (χ1n) is 4.18. The maximum absolute atomic E-state index is 8.30. The lowest BCUT2D eigenvalue weighted by Gasteiger charge is -1.97. The van der Waals surface area contributed by atoms with Gasteiger partial charge >= 0.3 is 0 Å². The first-order chi connectivity index (χ1) is 5.93. The third kappa shape index (κ3) is 3.21. The van der Waals surface area contributed by atoms with Crippen molar-refractivity contribution in [3.05, 3.63) is 42.3 Å². The van der Waals surface area contributed by atoms with Crippen molar-refractivity contribution in [1.29, 1.82) is 5.26 Å². The fraction of sp³-hybridized carbons (Fsp3) is 0.273. The van der Waals surface area contributed by atoms with Crippen LogP contribution in [-0.4, -0.2) is 0 Å². The number of rotatable bonds is 4. The van der Waals surface area contributed by atoms with Crippen LogP contribution in [0.2, 0.25) is 0 Å². The van der Waals surface area contributed by atoms with Gasteiger partial charge in [0, 0.05) is 6.42 Å². The van der Waals surface area contributed by atoms with Gasteiger partial charge in [-0.25, -0.2) is 0 Å². The van der Waals surface area contributed by atoms with Crippen molar-refractivity contribution in [2.45, 2.75) is 19.3 Å². The van der Waals surface area contributed by atoms with Crippen LogP contribution in [0.5, 0.6) is 0 Å². The molecule has 0 saturated heterocycles. The number of hydrogen-bond acceptors (Lipinski definition) is 1. The van der Waals surface area contributed by atoms with E-state index in [4.69, 9.17) is 5.26 Å². The summed E-state index contributed by atoms with van der Waals surface area (Å²) in [6, 6.07) is 12.3. The number of unbranched alkanes of at least 4 members (excludes halogenated alkanes) is 2. The van der Waals surface area contributed by atoms with E-state index < -0.39 is 0 Å². The monoisotopic (exact) mass is 158 g/mol. The van der Waals surface area contributed by atoms with Gasteiger partial charge in [0.1, 0.15) is 0 Å². The predicted molar refractivity (Wildman–Crippen MR) is 49.3 cm³/mol. The molecule has 0 atom stereocenters. The first kappa shape index (κ1) is 8.80. The van der Waals surface area contributed by atoms with E-state index in [0.717, 1.165) is 12.8 Å². The van der Waals surface area contributed by atoms with Crippen molar-refractivity contribution in [2.75, 3.05) is 0 Å². The van der Waals surface area contributed by atoms with E-state index in [1.54, 1.807) is 0 Å². The highest BCUT2D eigenvalue weighted by Crippen LogP contribution is 2.07. The standard InChI is InChI=1S/C11H12N/c12-10-6-2-5-9-11-7-3-1-4-8-11/h1,3-4,7-9H,2,5-6H2. The fourth-order valence-electron chi connectivity index (χ4n) is 1.04. The lowest BCUT2D eigenvalue weighted by atomic mass is 10.1. The highest BCUT2D eigenvalue weighted by atomic mass is 14.2. The molecule has 0 amide bonds. The number of hydrogen-bond donors (Lipinski definition) is 0. The number of nitriles is 1. The topological polar surface area (TPSA) is 23.8 Å². The Balaban J connectivity index is 2.21. The van der Waals surface area contributed by atoms with Crippen LogP contribution in [0, 0.1) is 17.8 Å². The molecule has 0 saturated carbocycles. The van der Waals surface area contributed by atoms with Crippen LogP contribution in [-0.2, 0) is 0 Å². The SMILES string of the molecule is N#CCCC[CH]c1ccccc1. The lowest BCUT2D eigenvalue weighted by molar-refractivity contribution is 0.845. The van der Waals surface area contributed by atoms with Gasteiger partial charge in [-0.05, 0) is 24.8 Å². The van der Waals surface area contributed by atoms with Crippen LogP contribution >= 0.6 is 0 Å². The summed E-state index contributed by atoms with van der Waals surface area (Å²) in [5.41, 5.74) is 1.25. The van der Waals surface area contributed by atoms with E-state index in [2.05, 4.69) is 24.6 Å². The van der Waals surface area contributed by atoms with E-state index in [0.29, 0.717) is 6.42 Å². The summed E-state index contributed by atoms with van der Waals surface area (Å²) in [6.45, 7) is 0. The Hall–Kier alpha value is -1.29. The van der Waals surface area contributed by atoms with Gasteiger partial charge in [0.2, 0.25) is 0 Å². The molecule has 0 bridgehead atoms. The zero-order chi connectivity index (χ0) is 8.65. The van der Waals surface area contributed by atoms with Crippen LogP contribution in [0.4, 0.5) is 0 Å². The molecule has 1 aromatic rings. The molecule has 61 valence electrons. The van der Waals surface area contributed by atoms with Crippen molar-refractivity contribution >= 4 is 0 Å². The molecule has 0 fully saturated rings. The van der Waals surface area contributed by atoms with Gasteiger partial charge in [-0.15, -0.1) is 0 Å². The minimum absolute atomic E-state index is 0.656. The minimum atomic E-state index is 0.656. The zero-order valence-electron chi connectivity index (χ0n) is 7.03. The molecule has 1 radical (unpaired) electrons. The zero-order valence-corrected chi connectivity index (χ0v) is 7.03. The highest BCUT2D eigenvalue weighted by Gasteiger charge is 1.91. The van der Waals surface area contributed by atoms with Gasteiger partial charge in [-0.3, -0.25) is 0 Å². The second-order valence-corrected chi connectivity index (χ2v) is 2.67. The molecule has 0 spiro atoms. The summed E-state index contributed by atoms with van der Waals surface area (Å²) in [5.74, 6) is 0. The third-order valence-corrected chi connectivity index (χ3v) is 1.67. The van der Waals surface area contributed by atoms with Crippen molar-refractivity contribution < 1.29 is 0 Å². The molecule has 1 aromatic carbocycles. The highest BCUT2D eigenvalue weighted by molar-refractivity contribution is 5.21. The van der Waals surface area contributed by atoms with Gasteiger partial charge in [-0.2, -0.15) is 5.26 Å². The summed E-state index contributed by atoms with van der Waals surface area (Å²) >= 11 is 0. The summed E-state index contributed by atoms with van der Waals surface area (Å²) < 4.78 is 0. The second kappa shape index (κ2) is 5.37. The van der Waals surface area contributed by atoms with Crippen molar-refractivity contribution in [3.8, 4) is 6.07 Å². The summed E-state index contributed by atoms with van der Waals surface area (Å²) in [6.07, 6.45) is 4.78. The van der Waals surface area contributed by atoms with E-state index in [1.165, 1.54) is 5.56 Å². The first-order valence-corrected chi connectivity index (χ1v) is 4.18. The van der Waals surface area contributed by atoms with Gasteiger partial charge in [-0.1, -0.05) is 30.3 Å². The Morgan fingerprint density at radius 3 is 2.67 bits per heavy atom. The third-order valence-electron chi connectivity index (χ3n) is 1.67. The molecule has 0 heterocycles. The average molecular weight is 158 g/mol. The summed E-state index contributed by atoms with van der Waals surface area (Å²) in [4.78, 5) is 0. The van der Waals surface area contributed by atoms with Crippen molar-refractivity contribution in [3.63, 3.8) is 0 Å². The van der Waals surface area contributed by atoms with E-state index in [-0.39, 0.29) is 0 Å². The largest absolute Gasteiger partial charge is 0.198 e. The molecule has 0 unspecified atom stereocenters. The quantitative estimate of drug-likeness (QED) is 0.618. The lowest BCUT2D eigenvalue weighted by Crippen LogP contribution is -1.80. The van der Waals surface area contributed by atoms with Gasteiger partial charge in [0.05, 0.1) is 6.07 Å². The predicted octanol–water partition coefficient (Wildman–Crippen LogP) is 2.93. The van der Waals surface area contributed by atoms with Crippen LogP contribution in [0.25, 0.3) is 0 Å². The van der Waals surface area contributed by atoms with Gasteiger partial charge in [0.15, 0.2) is 0 Å². The summed E-state index contributed by atoms with van der Waals surface area (Å²) in [5, 5.41) is 8.30. The molecule has 0 aliphatic carbocycles. The Kier molecular flexibility index (Phi) is 3.94. The van der Waals surface area contributed by atoms with Crippen LogP contribution in [0.15, 0.2) is 30.3 Å². The Morgan fingerprint density at radius 2 is 2.00 bits per heavy atom. The van der Waals surface area contributed by atoms with E-state index in [9.17, 15) is 0 Å². The Morgan fingerprint density at radius 1 is 1.25 bits per heavy atom. The summed E-state index contributed by atoms with van der Waals surface area (Å²) in [7, 11) is 0. The number of nitrogens with zero attached hydrogens (tertiary/aromatic N) is 1. The smallest absolute Gasteiger partial charge is 0.0621 e. The maximum atomic E-state index is 8.30. The minimum Gasteiger partial charge on any atom is -0.198 e. The molecule has 1 rings (SSSR count). The maximum Gasteiger partial charge on any atom is 0.0621 e. The molecule has 0 aromatic heterocycles. The van der Waals surface area contributed by atoms with Gasteiger partial charge in [0.25, 0.3) is 0 Å². The fourth-order valence-corrected chi connectivity index (χ4v) is 1.04. The van der Waals surface area contributed by atoms with Crippen LogP contribution < -0.4 is 0 Å². The molecule has 0 aliphatic heterocycles. The Labute approximate surface area is 73.6 Å². The average Bonchev–Trinajstić information content (AvgIpc) is 2.14. The van der Waals surface area contributed by atoms with E-state index >= 15 is 0 Å². The van der Waals surface area contributed by atoms with Crippen LogP contribution in [0.1, 0.15) is 24.8 Å². The van der Waals surface area contributed by atoms with Crippen LogP contribution in [0.3, 0.4) is 0 Å². The van der Waals surface area contributed by atoms with Crippen molar-refractivity contribution in [2.24, 2.45) is 0 Å². The van der Waals surface area contributed by atoms with Crippen molar-refractivity contribution in [1.82, 2.24) is 0 Å². The number of benzene rings is 1. The second-order valence-electron chi connectivity index (χ2n) is 2.67. The molecule has 0 aliphatic rings. The van der Waals surface area contributed by atoms with E-state index in [1.807, 2.05) is 18.2 Å². The normalized spacial score (nSPS) is 9.25. The molecular formula is C11H12N. The molecule has 1 heteroatoms. The molecule has 1 nitrogen and oxygen atoms in total. The molecule has 12 heavy (non-hydrogen) atoms. The van der Waals surface area contributed by atoms with Gasteiger partial charge < -0.3 is 0 Å². The molecular weight excluding hydrogens is 146 g/mol.